The Bertz CT molecular complexity index is 912. The average molecular weight is 391 g/mol. The molecule has 0 aliphatic carbocycles. The number of amides is 1. The second-order valence-corrected chi connectivity index (χ2v) is 6.72. The van der Waals surface area contributed by atoms with Crippen molar-refractivity contribution in [2.45, 2.75) is 13.3 Å². The van der Waals surface area contributed by atoms with Gasteiger partial charge in [-0.25, -0.2) is 9.37 Å². The van der Waals surface area contributed by atoms with E-state index in [1.165, 1.54) is 29.5 Å². The van der Waals surface area contributed by atoms with E-state index < -0.39 is 5.82 Å². The lowest BCUT2D eigenvalue weighted by atomic mass is 10.2. The van der Waals surface area contributed by atoms with Crippen molar-refractivity contribution in [3.8, 4) is 16.3 Å². The highest BCUT2D eigenvalue weighted by Crippen LogP contribution is 2.26. The van der Waals surface area contributed by atoms with Gasteiger partial charge in [0.25, 0.3) is 0 Å². The van der Waals surface area contributed by atoms with Gasteiger partial charge in [0, 0.05) is 16.6 Å². The minimum absolute atomic E-state index is 0.0331. The highest BCUT2D eigenvalue weighted by atomic mass is 35.5. The van der Waals surface area contributed by atoms with Crippen LogP contribution in [0.2, 0.25) is 5.02 Å². The quantitative estimate of drug-likeness (QED) is 0.630. The number of ether oxygens (including phenoxy) is 1. The Morgan fingerprint density at radius 3 is 2.73 bits per heavy atom. The van der Waals surface area contributed by atoms with Gasteiger partial charge < -0.3 is 10.1 Å². The molecule has 0 unspecified atom stereocenters. The number of halogens is 2. The number of hydrogen-bond donors (Lipinski definition) is 1. The lowest BCUT2D eigenvalue weighted by molar-refractivity contribution is -0.115. The van der Waals surface area contributed by atoms with Gasteiger partial charge in [0.15, 0.2) is 0 Å². The molecule has 0 bridgehead atoms. The van der Waals surface area contributed by atoms with Crippen LogP contribution in [0.4, 0.5) is 10.1 Å². The zero-order valence-electron chi connectivity index (χ0n) is 14.0. The number of rotatable bonds is 6. The molecule has 7 heteroatoms. The largest absolute Gasteiger partial charge is 0.494 e. The maximum absolute atomic E-state index is 13.2. The molecule has 0 aliphatic rings. The Balaban J connectivity index is 1.64. The summed E-state index contributed by atoms with van der Waals surface area (Å²) in [4.78, 5) is 16.6. The minimum atomic E-state index is -0.524. The third-order valence-corrected chi connectivity index (χ3v) is 4.74. The number of anilines is 1. The first-order valence-corrected chi connectivity index (χ1v) is 9.23. The summed E-state index contributed by atoms with van der Waals surface area (Å²) in [6.07, 6.45) is 0.128. The summed E-state index contributed by atoms with van der Waals surface area (Å²) in [6, 6.07) is 11.7. The maximum atomic E-state index is 13.2. The smallest absolute Gasteiger partial charge is 0.230 e. The van der Waals surface area contributed by atoms with E-state index in [2.05, 4.69) is 10.3 Å². The number of carbonyl (C=O) groups is 1. The van der Waals surface area contributed by atoms with Gasteiger partial charge in [-0.05, 0) is 49.4 Å². The van der Waals surface area contributed by atoms with Crippen LogP contribution >= 0.6 is 22.9 Å². The number of nitrogens with zero attached hydrogens (tertiary/aromatic N) is 1. The van der Waals surface area contributed by atoms with Gasteiger partial charge in [0.2, 0.25) is 5.91 Å². The summed E-state index contributed by atoms with van der Waals surface area (Å²) >= 11 is 7.19. The van der Waals surface area contributed by atoms with E-state index in [4.69, 9.17) is 16.3 Å². The molecule has 0 spiro atoms. The van der Waals surface area contributed by atoms with Crippen LogP contribution in [-0.2, 0) is 11.2 Å². The molecule has 134 valence electrons. The van der Waals surface area contributed by atoms with Gasteiger partial charge in [-0.1, -0.05) is 11.6 Å². The van der Waals surface area contributed by atoms with E-state index in [-0.39, 0.29) is 17.4 Å². The number of benzene rings is 2. The molecule has 0 atom stereocenters. The van der Waals surface area contributed by atoms with Crippen LogP contribution in [0.15, 0.2) is 47.8 Å². The molecule has 1 heterocycles. The van der Waals surface area contributed by atoms with E-state index in [1.807, 2.05) is 36.6 Å². The SMILES string of the molecule is CCOc1ccc(-c2nc(CC(=O)Nc3ccc(F)c(Cl)c3)cs2)cc1. The minimum Gasteiger partial charge on any atom is -0.494 e. The Morgan fingerprint density at radius 2 is 2.04 bits per heavy atom. The monoisotopic (exact) mass is 390 g/mol. The topological polar surface area (TPSA) is 51.2 Å². The summed E-state index contributed by atoms with van der Waals surface area (Å²) in [5.41, 5.74) is 2.09. The summed E-state index contributed by atoms with van der Waals surface area (Å²) in [6.45, 7) is 2.56. The number of thiazole rings is 1. The van der Waals surface area contributed by atoms with Crippen molar-refractivity contribution in [1.29, 1.82) is 0 Å². The van der Waals surface area contributed by atoms with Crippen LogP contribution in [0.1, 0.15) is 12.6 Å². The zero-order chi connectivity index (χ0) is 18.5. The predicted molar refractivity (Wildman–Crippen MR) is 102 cm³/mol. The Labute approximate surface area is 159 Å². The van der Waals surface area contributed by atoms with E-state index >= 15 is 0 Å². The molecule has 0 radical (unpaired) electrons. The van der Waals surface area contributed by atoms with Gasteiger partial charge in [0.1, 0.15) is 16.6 Å². The van der Waals surface area contributed by atoms with Crippen LogP contribution in [0.3, 0.4) is 0 Å². The number of aromatic nitrogens is 1. The van der Waals surface area contributed by atoms with Gasteiger partial charge >= 0.3 is 0 Å². The molecule has 4 nitrogen and oxygen atoms in total. The van der Waals surface area contributed by atoms with E-state index in [9.17, 15) is 9.18 Å². The number of nitrogens with one attached hydrogen (secondary N) is 1. The normalized spacial score (nSPS) is 10.6. The Morgan fingerprint density at radius 1 is 1.27 bits per heavy atom. The molecule has 1 aromatic heterocycles. The van der Waals surface area contributed by atoms with Crippen molar-refractivity contribution in [3.05, 3.63) is 64.4 Å². The molecular weight excluding hydrogens is 375 g/mol. The van der Waals surface area contributed by atoms with Gasteiger partial charge in [-0.3, -0.25) is 4.79 Å². The lowest BCUT2D eigenvalue weighted by Crippen LogP contribution is -2.14. The van der Waals surface area contributed by atoms with Gasteiger partial charge in [-0.2, -0.15) is 0 Å². The molecule has 3 rings (SSSR count). The molecule has 0 saturated carbocycles. The van der Waals surface area contributed by atoms with E-state index in [1.54, 1.807) is 0 Å². The zero-order valence-corrected chi connectivity index (χ0v) is 15.5. The molecule has 3 aromatic rings. The van der Waals surface area contributed by atoms with E-state index in [0.29, 0.717) is 18.0 Å². The van der Waals surface area contributed by atoms with Crippen molar-refractivity contribution < 1.29 is 13.9 Å². The van der Waals surface area contributed by atoms with Gasteiger partial charge in [0.05, 0.1) is 23.7 Å². The highest BCUT2D eigenvalue weighted by molar-refractivity contribution is 7.13. The van der Waals surface area contributed by atoms with Crippen molar-refractivity contribution >= 4 is 34.5 Å². The molecule has 2 aromatic carbocycles. The fourth-order valence-corrected chi connectivity index (χ4v) is 3.33. The summed E-state index contributed by atoms with van der Waals surface area (Å²) in [5, 5.41) is 5.34. The molecular formula is C19H16ClFN2O2S. The second kappa shape index (κ2) is 8.29. The number of hydrogen-bond acceptors (Lipinski definition) is 4. The average Bonchev–Trinajstić information content (AvgIpc) is 3.07. The fourth-order valence-electron chi connectivity index (χ4n) is 2.32. The van der Waals surface area contributed by atoms with Crippen LogP contribution in [0.25, 0.3) is 10.6 Å². The Hall–Kier alpha value is -2.44. The van der Waals surface area contributed by atoms with Crippen molar-refractivity contribution in [2.75, 3.05) is 11.9 Å². The van der Waals surface area contributed by atoms with Crippen molar-refractivity contribution in [1.82, 2.24) is 4.98 Å². The standard InChI is InChI=1S/C19H16ClFN2O2S/c1-2-25-15-6-3-12(4-7-15)19-23-14(11-26-19)10-18(24)22-13-5-8-17(21)16(20)9-13/h3-9,11H,2,10H2,1H3,(H,22,24). The number of carbonyl (C=O) groups excluding carboxylic acids is 1. The second-order valence-electron chi connectivity index (χ2n) is 5.46. The summed E-state index contributed by atoms with van der Waals surface area (Å²) in [7, 11) is 0. The molecule has 0 saturated heterocycles. The molecule has 1 amide bonds. The first-order chi connectivity index (χ1) is 12.5. The van der Waals surface area contributed by atoms with Crippen LogP contribution < -0.4 is 10.1 Å². The third-order valence-electron chi connectivity index (χ3n) is 3.51. The van der Waals surface area contributed by atoms with Crippen LogP contribution in [-0.4, -0.2) is 17.5 Å². The van der Waals surface area contributed by atoms with Crippen LogP contribution in [0.5, 0.6) is 5.75 Å². The molecule has 1 N–H and O–H groups in total. The lowest BCUT2D eigenvalue weighted by Gasteiger charge is -2.05. The first-order valence-electron chi connectivity index (χ1n) is 7.97. The summed E-state index contributed by atoms with van der Waals surface area (Å²) in [5.74, 6) is 0.0470. The highest BCUT2D eigenvalue weighted by Gasteiger charge is 2.10. The predicted octanol–water partition coefficient (Wildman–Crippen LogP) is 5.18. The first kappa shape index (κ1) is 18.4. The maximum Gasteiger partial charge on any atom is 0.230 e. The molecule has 0 fully saturated rings. The molecule has 26 heavy (non-hydrogen) atoms. The van der Waals surface area contributed by atoms with Gasteiger partial charge in [-0.15, -0.1) is 11.3 Å². The van der Waals surface area contributed by atoms with Crippen molar-refractivity contribution in [2.24, 2.45) is 0 Å². The fraction of sp³-hybridized carbons (Fsp3) is 0.158. The Kier molecular flexibility index (Phi) is 5.85. The summed E-state index contributed by atoms with van der Waals surface area (Å²) < 4.78 is 18.6. The van der Waals surface area contributed by atoms with Crippen molar-refractivity contribution in [3.63, 3.8) is 0 Å². The molecule has 0 aliphatic heterocycles. The van der Waals surface area contributed by atoms with Crippen LogP contribution in [0, 0.1) is 5.82 Å². The van der Waals surface area contributed by atoms with E-state index in [0.717, 1.165) is 16.3 Å². The third kappa shape index (κ3) is 4.59.